The molecular weight excluding hydrogens is 234 g/mol. The first-order chi connectivity index (χ1) is 8.68. The highest BCUT2D eigenvalue weighted by atomic mass is 16.2. The van der Waals surface area contributed by atoms with Crippen molar-refractivity contribution in [3.05, 3.63) is 35.4 Å². The fraction of sp³-hybridized carbons (Fsp3) is 0.588. The van der Waals surface area contributed by atoms with Crippen LogP contribution in [0.4, 0.5) is 0 Å². The van der Waals surface area contributed by atoms with Crippen LogP contribution in [0.5, 0.6) is 0 Å². The largest absolute Gasteiger partial charge is 0.334 e. The van der Waals surface area contributed by atoms with Gasteiger partial charge in [0.2, 0.25) is 5.91 Å². The van der Waals surface area contributed by atoms with Crippen molar-refractivity contribution in [3.63, 3.8) is 0 Å². The smallest absolute Gasteiger partial charge is 0.225 e. The van der Waals surface area contributed by atoms with Gasteiger partial charge in [0.15, 0.2) is 0 Å². The summed E-state index contributed by atoms with van der Waals surface area (Å²) < 4.78 is 0. The molecule has 0 saturated heterocycles. The molecule has 2 rings (SSSR count). The zero-order valence-electron chi connectivity index (χ0n) is 12.7. The van der Waals surface area contributed by atoms with Crippen LogP contribution in [0.2, 0.25) is 0 Å². The van der Waals surface area contributed by atoms with Gasteiger partial charge in [-0.2, -0.15) is 0 Å². The molecular formula is C17H31NO. The number of fused-ring (bicyclic) bond motifs is 1. The van der Waals surface area contributed by atoms with Crippen molar-refractivity contribution in [3.8, 4) is 0 Å². The van der Waals surface area contributed by atoms with Crippen molar-refractivity contribution >= 4 is 5.91 Å². The summed E-state index contributed by atoms with van der Waals surface area (Å²) in [5.74, 6) is 0.352. The molecule has 0 N–H and O–H groups in total. The number of hydrogen-bond acceptors (Lipinski definition) is 1. The Kier molecular flexibility index (Phi) is 11.2. The van der Waals surface area contributed by atoms with Gasteiger partial charge >= 0.3 is 0 Å². The zero-order valence-corrected chi connectivity index (χ0v) is 12.7. The third-order valence-corrected chi connectivity index (χ3v) is 2.65. The predicted octanol–water partition coefficient (Wildman–Crippen LogP) is 4.87. The summed E-state index contributed by atoms with van der Waals surface area (Å²) in [4.78, 5) is 13.7. The van der Waals surface area contributed by atoms with Crippen LogP contribution in [-0.4, -0.2) is 10.8 Å². The fourth-order valence-electron chi connectivity index (χ4n) is 1.85. The Balaban J connectivity index is 0. The molecule has 0 saturated carbocycles. The average molecular weight is 265 g/mol. The summed E-state index contributed by atoms with van der Waals surface area (Å²) in [6.45, 7) is 13.5. The number of rotatable bonds is 1. The molecule has 1 aromatic rings. The van der Waals surface area contributed by atoms with Gasteiger partial charge in [0.1, 0.15) is 0 Å². The number of nitrogens with zero attached hydrogens (tertiary/aromatic N) is 1. The minimum atomic E-state index is 0. The molecule has 0 fully saturated rings. The highest BCUT2D eigenvalue weighted by molar-refractivity contribution is 5.78. The lowest BCUT2D eigenvalue weighted by Gasteiger charge is -2.17. The predicted molar refractivity (Wildman–Crippen MR) is 85.0 cm³/mol. The Labute approximate surface area is 119 Å². The Morgan fingerprint density at radius 1 is 1.00 bits per heavy atom. The van der Waals surface area contributed by atoms with Gasteiger partial charge in [0.05, 0.1) is 0 Å². The Morgan fingerprint density at radius 2 is 1.37 bits per heavy atom. The van der Waals surface area contributed by atoms with E-state index in [1.165, 1.54) is 11.1 Å². The normalized spacial score (nSPS) is 11.4. The zero-order chi connectivity index (χ0) is 14.1. The number of hydrogen-bond donors (Lipinski definition) is 0. The van der Waals surface area contributed by atoms with Crippen molar-refractivity contribution < 1.29 is 4.79 Å². The van der Waals surface area contributed by atoms with Crippen LogP contribution in [0.15, 0.2) is 24.3 Å². The van der Waals surface area contributed by atoms with E-state index in [0.29, 0.717) is 0 Å². The molecule has 19 heavy (non-hydrogen) atoms. The Hall–Kier alpha value is -1.31. The molecule has 0 aliphatic carbocycles. The minimum absolute atomic E-state index is 0. The van der Waals surface area contributed by atoms with Gasteiger partial charge in [-0.05, 0) is 11.1 Å². The van der Waals surface area contributed by atoms with Gasteiger partial charge in [-0.25, -0.2) is 0 Å². The van der Waals surface area contributed by atoms with E-state index in [0.717, 1.165) is 13.1 Å². The van der Waals surface area contributed by atoms with Gasteiger partial charge in [0.25, 0.3) is 0 Å². The molecule has 0 unspecified atom stereocenters. The lowest BCUT2D eigenvalue weighted by molar-refractivity contribution is -0.135. The summed E-state index contributed by atoms with van der Waals surface area (Å²) in [5.41, 5.74) is 2.59. The van der Waals surface area contributed by atoms with Gasteiger partial charge in [-0.15, -0.1) is 0 Å². The molecule has 1 aliphatic heterocycles. The molecule has 1 aliphatic rings. The molecule has 1 heterocycles. The van der Waals surface area contributed by atoms with E-state index in [4.69, 9.17) is 0 Å². The summed E-state index contributed by atoms with van der Waals surface area (Å²) in [6.07, 6.45) is 0. The van der Waals surface area contributed by atoms with E-state index >= 15 is 0 Å². The van der Waals surface area contributed by atoms with E-state index in [9.17, 15) is 4.79 Å². The second-order valence-electron chi connectivity index (χ2n) is 4.12. The highest BCUT2D eigenvalue weighted by Crippen LogP contribution is 2.23. The third kappa shape index (κ3) is 5.46. The van der Waals surface area contributed by atoms with Crippen LogP contribution in [0.25, 0.3) is 0 Å². The number of benzene rings is 1. The maximum absolute atomic E-state index is 11.7. The molecule has 0 aromatic heterocycles. The van der Waals surface area contributed by atoms with Crippen molar-refractivity contribution in [2.24, 2.45) is 5.92 Å². The van der Waals surface area contributed by atoms with Crippen LogP contribution >= 0.6 is 0 Å². The van der Waals surface area contributed by atoms with Crippen molar-refractivity contribution in [1.82, 2.24) is 4.90 Å². The van der Waals surface area contributed by atoms with E-state index < -0.39 is 0 Å². The molecule has 2 nitrogen and oxygen atoms in total. The van der Waals surface area contributed by atoms with E-state index in [2.05, 4.69) is 12.1 Å². The quantitative estimate of drug-likeness (QED) is 0.709. The second-order valence-corrected chi connectivity index (χ2v) is 4.12. The topological polar surface area (TPSA) is 20.3 Å². The number of amides is 1. The van der Waals surface area contributed by atoms with Gasteiger partial charge < -0.3 is 4.90 Å². The van der Waals surface area contributed by atoms with Gasteiger partial charge in [-0.3, -0.25) is 4.79 Å². The monoisotopic (exact) mass is 265 g/mol. The Bertz CT molecular complexity index is 333. The first-order valence-electron chi connectivity index (χ1n) is 7.04. The summed E-state index contributed by atoms with van der Waals surface area (Å²) in [6, 6.07) is 8.26. The minimum Gasteiger partial charge on any atom is -0.334 e. The van der Waals surface area contributed by atoms with Gasteiger partial charge in [0, 0.05) is 19.0 Å². The molecule has 2 heteroatoms. The lowest BCUT2D eigenvalue weighted by atomic mass is 10.1. The third-order valence-electron chi connectivity index (χ3n) is 2.65. The highest BCUT2D eigenvalue weighted by Gasteiger charge is 2.24. The van der Waals surface area contributed by atoms with Crippen LogP contribution in [0, 0.1) is 5.92 Å². The van der Waals surface area contributed by atoms with E-state index in [-0.39, 0.29) is 19.3 Å². The standard InChI is InChI=1S/C12H15NO.2C2H6.CH4/c1-9(2)12(14)13-7-10-5-3-4-6-11(10)8-13;2*1-2;/h3-6,9H,7-8H2,1-2H3;2*1-2H3;1H4. The number of carbonyl (C=O) groups excluding carboxylic acids is 1. The maximum atomic E-state index is 11.7. The fourth-order valence-corrected chi connectivity index (χ4v) is 1.85. The average Bonchev–Trinajstić information content (AvgIpc) is 2.86. The molecule has 1 amide bonds. The van der Waals surface area contributed by atoms with E-state index in [1.54, 1.807) is 0 Å². The summed E-state index contributed by atoms with van der Waals surface area (Å²) in [5, 5.41) is 0. The summed E-state index contributed by atoms with van der Waals surface area (Å²) >= 11 is 0. The SMILES string of the molecule is C.CC.CC.CC(C)C(=O)N1Cc2ccccc2C1. The molecule has 0 radical (unpaired) electrons. The van der Waals surface area contributed by atoms with Crippen molar-refractivity contribution in [2.75, 3.05) is 0 Å². The molecule has 0 atom stereocenters. The van der Waals surface area contributed by atoms with Crippen LogP contribution < -0.4 is 0 Å². The van der Waals surface area contributed by atoms with Crippen LogP contribution in [0.1, 0.15) is 60.1 Å². The van der Waals surface area contributed by atoms with Crippen molar-refractivity contribution in [1.29, 1.82) is 0 Å². The lowest BCUT2D eigenvalue weighted by Crippen LogP contribution is -2.29. The van der Waals surface area contributed by atoms with Crippen LogP contribution in [0.3, 0.4) is 0 Å². The molecule has 0 spiro atoms. The Morgan fingerprint density at radius 3 is 1.68 bits per heavy atom. The first-order valence-corrected chi connectivity index (χ1v) is 7.04. The second kappa shape index (κ2) is 10.6. The van der Waals surface area contributed by atoms with Crippen molar-refractivity contribution in [2.45, 2.75) is 62.1 Å². The maximum Gasteiger partial charge on any atom is 0.225 e. The molecule has 0 bridgehead atoms. The molecule has 110 valence electrons. The first kappa shape index (κ1) is 20.0. The van der Waals surface area contributed by atoms with Gasteiger partial charge in [-0.1, -0.05) is 73.2 Å². The summed E-state index contributed by atoms with van der Waals surface area (Å²) in [7, 11) is 0. The van der Waals surface area contributed by atoms with E-state index in [1.807, 2.05) is 58.6 Å². The van der Waals surface area contributed by atoms with Crippen LogP contribution in [-0.2, 0) is 17.9 Å². The molecule has 1 aromatic carbocycles. The number of carbonyl (C=O) groups is 1.